The molecule has 0 saturated carbocycles. The third-order valence-electron chi connectivity index (χ3n) is 3.53. The first-order valence-electron chi connectivity index (χ1n) is 6.95. The van der Waals surface area contributed by atoms with E-state index in [1.807, 2.05) is 48.5 Å². The maximum absolute atomic E-state index is 12.3. The van der Waals surface area contributed by atoms with Gasteiger partial charge in [-0.1, -0.05) is 41.0 Å². The lowest BCUT2D eigenvalue weighted by atomic mass is 10.1. The second-order valence-electron chi connectivity index (χ2n) is 5.18. The second kappa shape index (κ2) is 6.20. The van der Waals surface area contributed by atoms with Gasteiger partial charge in [-0.15, -0.1) is 0 Å². The monoisotopic (exact) mass is 314 g/mol. The van der Waals surface area contributed by atoms with E-state index in [1.165, 1.54) is 0 Å². The number of aromatic nitrogens is 1. The van der Waals surface area contributed by atoms with E-state index in [0.29, 0.717) is 22.8 Å². The van der Waals surface area contributed by atoms with Crippen molar-refractivity contribution in [2.75, 3.05) is 7.05 Å². The van der Waals surface area contributed by atoms with Crippen LogP contribution in [0.25, 0.3) is 11.0 Å². The number of amides is 1. The summed E-state index contributed by atoms with van der Waals surface area (Å²) in [6.07, 6.45) is 0.223. The van der Waals surface area contributed by atoms with Gasteiger partial charge in [-0.3, -0.25) is 4.79 Å². The number of halogens is 1. The summed E-state index contributed by atoms with van der Waals surface area (Å²) in [5.41, 5.74) is 2.40. The summed E-state index contributed by atoms with van der Waals surface area (Å²) in [6, 6.07) is 15.0. The Labute approximate surface area is 133 Å². The molecule has 1 aromatic heterocycles. The number of nitrogens with zero attached hydrogens (tertiary/aromatic N) is 2. The van der Waals surface area contributed by atoms with Crippen molar-refractivity contribution in [3.63, 3.8) is 0 Å². The molecule has 2 aromatic carbocycles. The van der Waals surface area contributed by atoms with Gasteiger partial charge in [0.2, 0.25) is 5.91 Å². The summed E-state index contributed by atoms with van der Waals surface area (Å²) in [5, 5.41) is 5.57. The van der Waals surface area contributed by atoms with Crippen LogP contribution in [0.1, 0.15) is 11.3 Å². The summed E-state index contributed by atoms with van der Waals surface area (Å²) in [4.78, 5) is 14.0. The molecule has 3 rings (SSSR count). The number of rotatable bonds is 4. The SMILES string of the molecule is CN(Cc1ccc(Cl)cc1)C(=O)Cc1noc2ccccc12. The van der Waals surface area contributed by atoms with E-state index in [1.54, 1.807) is 11.9 Å². The quantitative estimate of drug-likeness (QED) is 0.738. The lowest BCUT2D eigenvalue weighted by molar-refractivity contribution is -0.129. The first kappa shape index (κ1) is 14.6. The third kappa shape index (κ3) is 3.12. The average molecular weight is 315 g/mol. The third-order valence-corrected chi connectivity index (χ3v) is 3.78. The van der Waals surface area contributed by atoms with Gasteiger partial charge in [0.15, 0.2) is 5.58 Å². The number of fused-ring (bicyclic) bond motifs is 1. The molecule has 1 heterocycles. The van der Waals surface area contributed by atoms with Crippen LogP contribution in [-0.2, 0) is 17.8 Å². The summed E-state index contributed by atoms with van der Waals surface area (Å²) in [6.45, 7) is 0.534. The Balaban J connectivity index is 1.69. The van der Waals surface area contributed by atoms with Crippen molar-refractivity contribution >= 4 is 28.5 Å². The molecule has 22 heavy (non-hydrogen) atoms. The Morgan fingerprint density at radius 3 is 2.68 bits per heavy atom. The average Bonchev–Trinajstić information content (AvgIpc) is 2.93. The second-order valence-corrected chi connectivity index (χ2v) is 5.61. The fraction of sp³-hybridized carbons (Fsp3) is 0.176. The van der Waals surface area contributed by atoms with Crippen molar-refractivity contribution in [2.24, 2.45) is 0 Å². The predicted molar refractivity (Wildman–Crippen MR) is 85.6 cm³/mol. The largest absolute Gasteiger partial charge is 0.356 e. The number of para-hydroxylation sites is 1. The van der Waals surface area contributed by atoms with Gasteiger partial charge in [-0.25, -0.2) is 0 Å². The highest BCUT2D eigenvalue weighted by Gasteiger charge is 2.15. The van der Waals surface area contributed by atoms with E-state index in [9.17, 15) is 4.79 Å². The Morgan fingerprint density at radius 1 is 1.18 bits per heavy atom. The Morgan fingerprint density at radius 2 is 1.91 bits per heavy atom. The van der Waals surface area contributed by atoms with Crippen LogP contribution in [0.3, 0.4) is 0 Å². The Bertz CT molecular complexity index is 796. The lowest BCUT2D eigenvalue weighted by Gasteiger charge is -2.16. The van der Waals surface area contributed by atoms with Crippen LogP contribution < -0.4 is 0 Å². The standard InChI is InChI=1S/C17H15ClN2O2/c1-20(11-12-6-8-13(18)9-7-12)17(21)10-15-14-4-2-3-5-16(14)22-19-15/h2-9H,10-11H2,1H3. The van der Waals surface area contributed by atoms with Crippen molar-refractivity contribution in [1.82, 2.24) is 10.1 Å². The van der Waals surface area contributed by atoms with Gasteiger partial charge in [-0.05, 0) is 29.8 Å². The van der Waals surface area contributed by atoms with Crippen molar-refractivity contribution in [3.8, 4) is 0 Å². The van der Waals surface area contributed by atoms with Crippen LogP contribution in [0, 0.1) is 0 Å². The smallest absolute Gasteiger partial charge is 0.228 e. The maximum Gasteiger partial charge on any atom is 0.228 e. The molecule has 0 saturated heterocycles. The molecule has 112 valence electrons. The molecule has 0 aliphatic rings. The van der Waals surface area contributed by atoms with Gasteiger partial charge in [0, 0.05) is 24.0 Å². The fourth-order valence-electron chi connectivity index (χ4n) is 2.30. The molecule has 1 amide bonds. The highest BCUT2D eigenvalue weighted by molar-refractivity contribution is 6.30. The first-order valence-corrected chi connectivity index (χ1v) is 7.33. The Kier molecular flexibility index (Phi) is 4.11. The molecule has 0 aliphatic carbocycles. The van der Waals surface area contributed by atoms with Crippen molar-refractivity contribution < 1.29 is 9.32 Å². The first-order chi connectivity index (χ1) is 10.6. The van der Waals surface area contributed by atoms with Gasteiger partial charge in [0.05, 0.1) is 6.42 Å². The van der Waals surface area contributed by atoms with Gasteiger partial charge in [0.25, 0.3) is 0 Å². The highest BCUT2D eigenvalue weighted by Crippen LogP contribution is 2.19. The molecule has 0 fully saturated rings. The molecule has 4 nitrogen and oxygen atoms in total. The molecule has 0 N–H and O–H groups in total. The van der Waals surface area contributed by atoms with E-state index < -0.39 is 0 Å². The minimum atomic E-state index is -0.00555. The highest BCUT2D eigenvalue weighted by atomic mass is 35.5. The molecular weight excluding hydrogens is 300 g/mol. The van der Waals surface area contributed by atoms with E-state index in [-0.39, 0.29) is 12.3 Å². The number of hydrogen-bond donors (Lipinski definition) is 0. The fourth-order valence-corrected chi connectivity index (χ4v) is 2.42. The zero-order valence-electron chi connectivity index (χ0n) is 12.1. The van der Waals surface area contributed by atoms with Gasteiger partial charge < -0.3 is 9.42 Å². The van der Waals surface area contributed by atoms with Crippen LogP contribution in [-0.4, -0.2) is 23.0 Å². The van der Waals surface area contributed by atoms with Crippen molar-refractivity contribution in [1.29, 1.82) is 0 Å². The molecule has 3 aromatic rings. The van der Waals surface area contributed by atoms with Crippen LogP contribution in [0.2, 0.25) is 5.02 Å². The molecule has 0 radical (unpaired) electrons. The van der Waals surface area contributed by atoms with E-state index >= 15 is 0 Å². The van der Waals surface area contributed by atoms with Crippen LogP contribution >= 0.6 is 11.6 Å². The van der Waals surface area contributed by atoms with Crippen molar-refractivity contribution in [2.45, 2.75) is 13.0 Å². The zero-order valence-corrected chi connectivity index (χ0v) is 12.9. The van der Waals surface area contributed by atoms with Gasteiger partial charge >= 0.3 is 0 Å². The number of likely N-dealkylation sites (N-methyl/N-ethyl adjacent to an activating group) is 1. The van der Waals surface area contributed by atoms with E-state index in [0.717, 1.165) is 10.9 Å². The number of benzene rings is 2. The lowest BCUT2D eigenvalue weighted by Crippen LogP contribution is -2.27. The molecule has 0 atom stereocenters. The van der Waals surface area contributed by atoms with Crippen LogP contribution in [0.4, 0.5) is 0 Å². The molecular formula is C17H15ClN2O2. The van der Waals surface area contributed by atoms with Crippen LogP contribution in [0.15, 0.2) is 53.1 Å². The van der Waals surface area contributed by atoms with E-state index in [4.69, 9.17) is 16.1 Å². The van der Waals surface area contributed by atoms with Gasteiger partial charge in [-0.2, -0.15) is 0 Å². The summed E-state index contributed by atoms with van der Waals surface area (Å²) < 4.78 is 5.23. The van der Waals surface area contributed by atoms with Crippen molar-refractivity contribution in [3.05, 3.63) is 64.8 Å². The summed E-state index contributed by atoms with van der Waals surface area (Å²) in [5.74, 6) is -0.00555. The summed E-state index contributed by atoms with van der Waals surface area (Å²) >= 11 is 5.86. The maximum atomic E-state index is 12.3. The van der Waals surface area contributed by atoms with Crippen LogP contribution in [0.5, 0.6) is 0 Å². The zero-order chi connectivity index (χ0) is 15.5. The predicted octanol–water partition coefficient (Wildman–Crippen LogP) is 3.68. The summed E-state index contributed by atoms with van der Waals surface area (Å²) in [7, 11) is 1.78. The number of hydrogen-bond acceptors (Lipinski definition) is 3. The topological polar surface area (TPSA) is 46.3 Å². The number of carbonyl (C=O) groups is 1. The van der Waals surface area contributed by atoms with E-state index in [2.05, 4.69) is 5.16 Å². The Hall–Kier alpha value is -2.33. The normalized spacial score (nSPS) is 10.8. The molecule has 0 spiro atoms. The molecule has 5 heteroatoms. The molecule has 0 aliphatic heterocycles. The number of carbonyl (C=O) groups excluding carboxylic acids is 1. The minimum absolute atomic E-state index is 0.00555. The molecule has 0 bridgehead atoms. The molecule has 0 unspecified atom stereocenters. The minimum Gasteiger partial charge on any atom is -0.356 e. The van der Waals surface area contributed by atoms with Gasteiger partial charge in [0.1, 0.15) is 5.69 Å².